The minimum Gasteiger partial charge on any atom is -0.366 e. The van der Waals surface area contributed by atoms with Crippen molar-refractivity contribution in [3.8, 4) is 0 Å². The van der Waals surface area contributed by atoms with Gasteiger partial charge in [0.2, 0.25) is 5.95 Å². The number of benzene rings is 2. The molecule has 4 heteroatoms. The van der Waals surface area contributed by atoms with E-state index < -0.39 is 0 Å². The molecule has 0 saturated heterocycles. The summed E-state index contributed by atoms with van der Waals surface area (Å²) in [6.07, 6.45) is 1.76. The maximum atomic E-state index is 4.49. The van der Waals surface area contributed by atoms with E-state index >= 15 is 0 Å². The van der Waals surface area contributed by atoms with Crippen LogP contribution in [0.4, 0.5) is 11.8 Å². The van der Waals surface area contributed by atoms with Gasteiger partial charge in [-0.1, -0.05) is 60.2 Å². The molecule has 0 aliphatic carbocycles. The minimum atomic E-state index is 0.629. The average Bonchev–Trinajstić information content (AvgIpc) is 2.60. The molecule has 0 aliphatic heterocycles. The van der Waals surface area contributed by atoms with Gasteiger partial charge in [-0.25, -0.2) is 4.98 Å². The predicted octanol–water partition coefficient (Wildman–Crippen LogP) is 4.01. The van der Waals surface area contributed by atoms with Gasteiger partial charge in [0.1, 0.15) is 5.82 Å². The first-order valence-corrected chi connectivity index (χ1v) is 7.70. The number of hydrogen-bond donors (Lipinski definition) is 2. The van der Waals surface area contributed by atoms with Gasteiger partial charge >= 0.3 is 0 Å². The molecule has 23 heavy (non-hydrogen) atoms. The van der Waals surface area contributed by atoms with Gasteiger partial charge in [-0.05, 0) is 24.1 Å². The maximum Gasteiger partial charge on any atom is 0.224 e. The van der Waals surface area contributed by atoms with E-state index in [1.54, 1.807) is 6.20 Å². The molecule has 0 atom stereocenters. The van der Waals surface area contributed by atoms with Crippen LogP contribution in [0.3, 0.4) is 0 Å². The summed E-state index contributed by atoms with van der Waals surface area (Å²) in [5.41, 5.74) is 3.69. The van der Waals surface area contributed by atoms with Crippen LogP contribution in [0.5, 0.6) is 0 Å². The number of rotatable bonds is 6. The van der Waals surface area contributed by atoms with E-state index in [1.807, 2.05) is 24.3 Å². The van der Waals surface area contributed by atoms with Crippen molar-refractivity contribution in [1.82, 2.24) is 9.97 Å². The molecule has 116 valence electrons. The molecule has 0 saturated carbocycles. The maximum absolute atomic E-state index is 4.49. The number of nitrogens with zero attached hydrogens (tertiary/aromatic N) is 2. The number of anilines is 2. The van der Waals surface area contributed by atoms with Crippen molar-refractivity contribution in [2.45, 2.75) is 20.0 Å². The van der Waals surface area contributed by atoms with Crippen molar-refractivity contribution < 1.29 is 0 Å². The lowest BCUT2D eigenvalue weighted by atomic mass is 10.1. The Hall–Kier alpha value is -2.88. The Labute approximate surface area is 136 Å². The van der Waals surface area contributed by atoms with Gasteiger partial charge in [-0.2, -0.15) is 4.98 Å². The molecule has 0 amide bonds. The van der Waals surface area contributed by atoms with Gasteiger partial charge < -0.3 is 10.6 Å². The topological polar surface area (TPSA) is 49.8 Å². The highest BCUT2D eigenvalue weighted by Gasteiger charge is 2.00. The molecule has 2 aromatic carbocycles. The van der Waals surface area contributed by atoms with E-state index in [0.29, 0.717) is 12.5 Å². The Bertz CT molecular complexity index is 756. The molecule has 0 fully saturated rings. The lowest BCUT2D eigenvalue weighted by molar-refractivity contribution is 1.03. The molecule has 3 rings (SSSR count). The van der Waals surface area contributed by atoms with Crippen molar-refractivity contribution in [3.63, 3.8) is 0 Å². The Morgan fingerprint density at radius 2 is 1.61 bits per heavy atom. The zero-order chi connectivity index (χ0) is 15.9. The van der Waals surface area contributed by atoms with Crippen LogP contribution >= 0.6 is 0 Å². The fraction of sp³-hybridized carbons (Fsp3) is 0.158. The first kappa shape index (κ1) is 15.0. The number of aryl methyl sites for hydroxylation is 1. The van der Waals surface area contributed by atoms with Gasteiger partial charge in [0.25, 0.3) is 0 Å². The predicted molar refractivity (Wildman–Crippen MR) is 94.3 cm³/mol. The first-order valence-electron chi connectivity index (χ1n) is 7.70. The normalized spacial score (nSPS) is 10.3. The highest BCUT2D eigenvalue weighted by molar-refractivity contribution is 5.40. The summed E-state index contributed by atoms with van der Waals surface area (Å²) in [5.74, 6) is 1.44. The largest absolute Gasteiger partial charge is 0.366 e. The van der Waals surface area contributed by atoms with Gasteiger partial charge in [0.05, 0.1) is 0 Å². The van der Waals surface area contributed by atoms with E-state index in [0.717, 1.165) is 12.4 Å². The van der Waals surface area contributed by atoms with E-state index in [9.17, 15) is 0 Å². The van der Waals surface area contributed by atoms with Crippen molar-refractivity contribution in [1.29, 1.82) is 0 Å². The fourth-order valence-corrected chi connectivity index (χ4v) is 2.33. The molecule has 3 aromatic rings. The summed E-state index contributed by atoms with van der Waals surface area (Å²) >= 11 is 0. The van der Waals surface area contributed by atoms with Crippen molar-refractivity contribution in [2.24, 2.45) is 0 Å². The molecule has 0 bridgehead atoms. The second-order valence-electron chi connectivity index (χ2n) is 5.45. The Morgan fingerprint density at radius 3 is 2.43 bits per heavy atom. The summed E-state index contributed by atoms with van der Waals surface area (Å²) < 4.78 is 0. The average molecular weight is 304 g/mol. The number of aromatic nitrogens is 2. The summed E-state index contributed by atoms with van der Waals surface area (Å²) in [5, 5.41) is 6.58. The molecule has 4 nitrogen and oxygen atoms in total. The van der Waals surface area contributed by atoms with E-state index in [4.69, 9.17) is 0 Å². The smallest absolute Gasteiger partial charge is 0.224 e. The highest BCUT2D eigenvalue weighted by atomic mass is 15.1. The summed E-state index contributed by atoms with van der Waals surface area (Å²) in [6.45, 7) is 3.55. The molecule has 2 N–H and O–H groups in total. The van der Waals surface area contributed by atoms with Crippen LogP contribution in [0.15, 0.2) is 66.9 Å². The van der Waals surface area contributed by atoms with Crippen LogP contribution < -0.4 is 10.6 Å². The molecule has 0 radical (unpaired) electrons. The van der Waals surface area contributed by atoms with E-state index in [-0.39, 0.29) is 0 Å². The Morgan fingerprint density at radius 1 is 0.826 bits per heavy atom. The van der Waals surface area contributed by atoms with Gasteiger partial charge in [-0.15, -0.1) is 0 Å². The lowest BCUT2D eigenvalue weighted by Gasteiger charge is -2.09. The third-order valence-corrected chi connectivity index (χ3v) is 3.51. The molecule has 0 unspecified atom stereocenters. The second kappa shape index (κ2) is 7.40. The summed E-state index contributed by atoms with van der Waals surface area (Å²) in [6, 6.07) is 20.5. The second-order valence-corrected chi connectivity index (χ2v) is 5.45. The minimum absolute atomic E-state index is 0.629. The summed E-state index contributed by atoms with van der Waals surface area (Å²) in [4.78, 5) is 8.76. The van der Waals surface area contributed by atoms with Crippen LogP contribution in [0, 0.1) is 6.92 Å². The molecule has 1 heterocycles. The third kappa shape index (κ3) is 4.54. The molecular formula is C19H20N4. The third-order valence-electron chi connectivity index (χ3n) is 3.51. The molecule has 0 aliphatic rings. The van der Waals surface area contributed by atoms with Crippen molar-refractivity contribution >= 4 is 11.8 Å². The van der Waals surface area contributed by atoms with Crippen molar-refractivity contribution in [2.75, 3.05) is 10.6 Å². The highest BCUT2D eigenvalue weighted by Crippen LogP contribution is 2.10. The SMILES string of the molecule is Cc1cccc(CNc2nccc(NCc3ccccc3)n2)c1. The number of nitrogens with one attached hydrogen (secondary N) is 2. The van der Waals surface area contributed by atoms with Gasteiger partial charge in [0.15, 0.2) is 0 Å². The van der Waals surface area contributed by atoms with Crippen LogP contribution in [0.25, 0.3) is 0 Å². The summed E-state index contributed by atoms with van der Waals surface area (Å²) in [7, 11) is 0. The Balaban J connectivity index is 1.59. The van der Waals surface area contributed by atoms with Crippen molar-refractivity contribution in [3.05, 3.63) is 83.6 Å². The van der Waals surface area contributed by atoms with Crippen LogP contribution in [0.1, 0.15) is 16.7 Å². The fourth-order valence-electron chi connectivity index (χ4n) is 2.33. The van der Waals surface area contributed by atoms with E-state index in [1.165, 1.54) is 16.7 Å². The van der Waals surface area contributed by atoms with Crippen LogP contribution in [0.2, 0.25) is 0 Å². The standard InChI is InChI=1S/C19H20N4/c1-15-6-5-9-17(12-15)14-22-19-20-11-10-18(23-19)21-13-16-7-3-2-4-8-16/h2-12H,13-14H2,1H3,(H2,20,21,22,23). The zero-order valence-corrected chi connectivity index (χ0v) is 13.2. The van der Waals surface area contributed by atoms with Gasteiger partial charge in [-0.3, -0.25) is 0 Å². The number of hydrogen-bond acceptors (Lipinski definition) is 4. The monoisotopic (exact) mass is 304 g/mol. The van der Waals surface area contributed by atoms with Crippen LogP contribution in [-0.2, 0) is 13.1 Å². The lowest BCUT2D eigenvalue weighted by Crippen LogP contribution is -2.06. The molecule has 1 aromatic heterocycles. The quantitative estimate of drug-likeness (QED) is 0.722. The van der Waals surface area contributed by atoms with Gasteiger partial charge in [0, 0.05) is 19.3 Å². The Kier molecular flexibility index (Phi) is 4.84. The molecule has 0 spiro atoms. The molecular weight excluding hydrogens is 284 g/mol. The van der Waals surface area contributed by atoms with E-state index in [2.05, 4.69) is 63.9 Å². The van der Waals surface area contributed by atoms with Crippen LogP contribution in [-0.4, -0.2) is 9.97 Å². The first-order chi connectivity index (χ1) is 11.3. The zero-order valence-electron chi connectivity index (χ0n) is 13.2.